The molecule has 3 heterocycles. The van der Waals surface area contributed by atoms with Crippen molar-refractivity contribution in [2.75, 3.05) is 12.3 Å². The summed E-state index contributed by atoms with van der Waals surface area (Å²) in [5, 5.41) is 18.5. The third-order valence-electron chi connectivity index (χ3n) is 5.13. The zero-order chi connectivity index (χ0) is 21.4. The smallest absolute Gasteiger partial charge is 0.306 e. The van der Waals surface area contributed by atoms with Gasteiger partial charge in [-0.15, -0.1) is 12.8 Å². The third-order valence-corrected chi connectivity index (χ3v) is 5.30. The van der Waals surface area contributed by atoms with Gasteiger partial charge in [0.05, 0.1) is 24.0 Å². The number of nitrogens with two attached hydrogens (primary N) is 1. The van der Waals surface area contributed by atoms with Crippen molar-refractivity contribution in [3.8, 4) is 12.8 Å². The molecule has 1 saturated carbocycles. The van der Waals surface area contributed by atoms with Crippen LogP contribution >= 0.6 is 11.6 Å². The molecule has 2 fully saturated rings. The molecule has 0 aromatic carbocycles. The Hall–Kier alpha value is -2.34. The van der Waals surface area contributed by atoms with Gasteiger partial charge in [-0.05, 0) is 43.4 Å². The standard InChI is InChI=1S/C11H13ClN4O2.C7H12O2.C2H2/c12-11-14-9(13)7-3-4-16(10(7)15-11)8-2-1-6(5-17)18-8;8-7(9)6-4-2-1-3-5-6;1-2/h3-4,6,8,17H,1-2,5H2,(H2,13,14,15);6H,1-5H2,(H,8,9);1-2H/t6-,8?;;/m0../s1. The Balaban J connectivity index is 0.000000231. The van der Waals surface area contributed by atoms with Crippen molar-refractivity contribution in [1.82, 2.24) is 14.5 Å². The molecule has 2 aromatic rings. The molecule has 0 amide bonds. The second-order valence-corrected chi connectivity index (χ2v) is 7.32. The van der Waals surface area contributed by atoms with Gasteiger partial charge in [-0.3, -0.25) is 4.79 Å². The number of aromatic nitrogens is 3. The van der Waals surface area contributed by atoms with E-state index in [2.05, 4.69) is 22.8 Å². The minimum atomic E-state index is -0.602. The molecule has 29 heavy (non-hydrogen) atoms. The van der Waals surface area contributed by atoms with Gasteiger partial charge in [-0.1, -0.05) is 19.3 Å². The van der Waals surface area contributed by atoms with Crippen LogP contribution in [0.15, 0.2) is 12.3 Å². The molecule has 0 radical (unpaired) electrons. The number of aliphatic hydroxyl groups is 1. The fourth-order valence-electron chi connectivity index (χ4n) is 3.64. The van der Waals surface area contributed by atoms with Crippen molar-refractivity contribution in [3.05, 3.63) is 17.5 Å². The summed E-state index contributed by atoms with van der Waals surface area (Å²) in [6.45, 7) is 0.0353. The lowest BCUT2D eigenvalue weighted by Crippen LogP contribution is -2.16. The van der Waals surface area contributed by atoms with E-state index in [1.807, 2.05) is 16.8 Å². The maximum absolute atomic E-state index is 10.4. The van der Waals surface area contributed by atoms with Gasteiger partial charge < -0.3 is 25.3 Å². The zero-order valence-corrected chi connectivity index (χ0v) is 17.0. The molecule has 1 unspecified atom stereocenters. The van der Waals surface area contributed by atoms with Crippen LogP contribution in [0.5, 0.6) is 0 Å². The quantitative estimate of drug-likeness (QED) is 0.512. The molecule has 4 rings (SSSR count). The number of carbonyl (C=O) groups is 1. The van der Waals surface area contributed by atoms with Crippen LogP contribution < -0.4 is 5.73 Å². The lowest BCUT2D eigenvalue weighted by molar-refractivity contribution is -0.142. The summed E-state index contributed by atoms with van der Waals surface area (Å²) in [6.07, 6.45) is 16.5. The first-order valence-electron chi connectivity index (χ1n) is 9.61. The topological polar surface area (TPSA) is 123 Å². The summed E-state index contributed by atoms with van der Waals surface area (Å²) in [4.78, 5) is 18.5. The normalized spacial score (nSPS) is 21.7. The lowest BCUT2D eigenvalue weighted by Gasteiger charge is -2.16. The van der Waals surface area contributed by atoms with E-state index < -0.39 is 5.97 Å². The number of ether oxygens (including phenoxy) is 1. The number of carboxylic acid groups (broad SMARTS) is 1. The Kier molecular flexibility index (Phi) is 8.70. The van der Waals surface area contributed by atoms with Crippen molar-refractivity contribution >= 4 is 34.4 Å². The second-order valence-electron chi connectivity index (χ2n) is 6.98. The molecule has 2 aromatic heterocycles. The second kappa shape index (κ2) is 11.0. The summed E-state index contributed by atoms with van der Waals surface area (Å²) >= 11 is 5.82. The highest BCUT2D eigenvalue weighted by Gasteiger charge is 2.27. The number of hydrogen-bond acceptors (Lipinski definition) is 6. The molecular weight excluding hydrogens is 396 g/mol. The summed E-state index contributed by atoms with van der Waals surface area (Å²) < 4.78 is 7.60. The van der Waals surface area contributed by atoms with Gasteiger partial charge in [-0.25, -0.2) is 4.98 Å². The molecule has 9 heteroatoms. The first-order chi connectivity index (χ1) is 14.0. The Bertz CT molecular complexity index is 832. The van der Waals surface area contributed by atoms with Gasteiger partial charge in [0.2, 0.25) is 5.28 Å². The number of nitrogens with zero attached hydrogens (tertiary/aromatic N) is 3. The van der Waals surface area contributed by atoms with E-state index in [0.29, 0.717) is 11.5 Å². The van der Waals surface area contributed by atoms with Crippen molar-refractivity contribution in [2.45, 2.75) is 57.3 Å². The minimum absolute atomic E-state index is 0.0289. The number of halogens is 1. The van der Waals surface area contributed by atoms with Crippen LogP contribution in [-0.2, 0) is 9.53 Å². The Morgan fingerprint density at radius 2 is 1.93 bits per heavy atom. The van der Waals surface area contributed by atoms with Gasteiger partial charge in [0.25, 0.3) is 0 Å². The number of terminal acetylenes is 1. The van der Waals surface area contributed by atoms with E-state index in [-0.39, 0.29) is 30.1 Å². The van der Waals surface area contributed by atoms with Crippen LogP contribution in [0, 0.1) is 18.8 Å². The Morgan fingerprint density at radius 1 is 1.24 bits per heavy atom. The van der Waals surface area contributed by atoms with Crippen LogP contribution in [0.4, 0.5) is 5.82 Å². The van der Waals surface area contributed by atoms with Crippen LogP contribution in [0.2, 0.25) is 5.28 Å². The number of aliphatic carboxylic acids is 1. The Morgan fingerprint density at radius 3 is 2.48 bits per heavy atom. The van der Waals surface area contributed by atoms with Gasteiger partial charge in [0.1, 0.15) is 17.7 Å². The highest BCUT2D eigenvalue weighted by atomic mass is 35.5. The summed E-state index contributed by atoms with van der Waals surface area (Å²) in [5.74, 6) is -0.270. The van der Waals surface area contributed by atoms with Crippen LogP contribution in [0.3, 0.4) is 0 Å². The molecule has 1 aliphatic carbocycles. The van der Waals surface area contributed by atoms with Gasteiger partial charge >= 0.3 is 5.97 Å². The fourth-order valence-corrected chi connectivity index (χ4v) is 3.81. The molecule has 0 spiro atoms. The lowest BCUT2D eigenvalue weighted by atomic mass is 9.90. The predicted molar refractivity (Wildman–Crippen MR) is 111 cm³/mol. The third kappa shape index (κ3) is 5.82. The maximum atomic E-state index is 10.4. The van der Waals surface area contributed by atoms with Crippen molar-refractivity contribution in [1.29, 1.82) is 0 Å². The maximum Gasteiger partial charge on any atom is 0.306 e. The van der Waals surface area contributed by atoms with Gasteiger partial charge in [-0.2, -0.15) is 4.98 Å². The van der Waals surface area contributed by atoms with E-state index in [4.69, 9.17) is 32.3 Å². The highest BCUT2D eigenvalue weighted by molar-refractivity contribution is 6.28. The van der Waals surface area contributed by atoms with E-state index >= 15 is 0 Å². The highest BCUT2D eigenvalue weighted by Crippen LogP contribution is 2.32. The molecule has 8 nitrogen and oxygen atoms in total. The fraction of sp³-hybridized carbons (Fsp3) is 0.550. The molecule has 1 saturated heterocycles. The van der Waals surface area contributed by atoms with E-state index in [1.165, 1.54) is 6.42 Å². The molecule has 158 valence electrons. The number of hydrogen-bond donors (Lipinski definition) is 3. The largest absolute Gasteiger partial charge is 0.481 e. The first-order valence-corrected chi connectivity index (χ1v) is 9.99. The molecular formula is C20H27ClN4O4. The molecule has 0 bridgehead atoms. The average molecular weight is 423 g/mol. The number of anilines is 1. The van der Waals surface area contributed by atoms with Crippen molar-refractivity contribution < 1.29 is 19.7 Å². The summed E-state index contributed by atoms with van der Waals surface area (Å²) in [7, 11) is 0. The first kappa shape index (κ1) is 22.9. The molecule has 1 aliphatic heterocycles. The average Bonchev–Trinajstić information content (AvgIpc) is 3.37. The van der Waals surface area contributed by atoms with Crippen LogP contribution in [-0.4, -0.2) is 43.4 Å². The predicted octanol–water partition coefficient (Wildman–Crippen LogP) is 3.24. The Labute approximate surface area is 175 Å². The number of nitrogen functional groups attached to an aromatic ring is 1. The van der Waals surface area contributed by atoms with Crippen LogP contribution in [0.1, 0.15) is 51.2 Å². The molecule has 2 atom stereocenters. The SMILES string of the molecule is C#C.Nc1nc(Cl)nc2c1ccn2C1CC[C@@H](CO)O1.O=C(O)C1CCCCC1. The van der Waals surface area contributed by atoms with Gasteiger partial charge in [0.15, 0.2) is 0 Å². The number of carboxylic acids is 1. The summed E-state index contributed by atoms with van der Waals surface area (Å²) in [5.41, 5.74) is 6.46. The number of fused-ring (bicyclic) bond motifs is 1. The van der Waals surface area contributed by atoms with E-state index in [0.717, 1.165) is 43.9 Å². The van der Waals surface area contributed by atoms with E-state index in [9.17, 15) is 4.79 Å². The molecule has 4 N–H and O–H groups in total. The summed E-state index contributed by atoms with van der Waals surface area (Å²) in [6, 6.07) is 1.84. The zero-order valence-electron chi connectivity index (χ0n) is 16.2. The van der Waals surface area contributed by atoms with Crippen molar-refractivity contribution in [3.63, 3.8) is 0 Å². The number of rotatable bonds is 3. The van der Waals surface area contributed by atoms with Crippen molar-refractivity contribution in [2.24, 2.45) is 5.92 Å². The molecule has 2 aliphatic rings. The monoisotopic (exact) mass is 422 g/mol. The minimum Gasteiger partial charge on any atom is -0.481 e. The van der Waals surface area contributed by atoms with Gasteiger partial charge in [0, 0.05) is 6.20 Å². The number of aliphatic hydroxyl groups excluding tert-OH is 1. The van der Waals surface area contributed by atoms with Crippen LogP contribution in [0.25, 0.3) is 11.0 Å². The van der Waals surface area contributed by atoms with E-state index in [1.54, 1.807) is 0 Å².